The molecule has 0 saturated heterocycles. The van der Waals surface area contributed by atoms with E-state index in [1.165, 1.54) is 14.2 Å². The van der Waals surface area contributed by atoms with Crippen LogP contribution in [-0.2, 0) is 23.9 Å². The monoisotopic (exact) mass is 270 g/mol. The second kappa shape index (κ2) is 8.12. The van der Waals surface area contributed by atoms with Gasteiger partial charge < -0.3 is 14.3 Å². The van der Waals surface area contributed by atoms with Gasteiger partial charge in [-0.3, -0.25) is 4.99 Å². The van der Waals surface area contributed by atoms with Gasteiger partial charge in [-0.15, -0.1) is 0 Å². The van der Waals surface area contributed by atoms with Crippen LogP contribution in [0, 0.1) is 0 Å². The van der Waals surface area contributed by atoms with E-state index in [0.29, 0.717) is 5.84 Å². The third-order valence-corrected chi connectivity index (χ3v) is 2.49. The van der Waals surface area contributed by atoms with E-state index in [4.69, 9.17) is 4.84 Å². The Bertz CT molecular complexity index is 390. The molecule has 19 heavy (non-hydrogen) atoms. The number of hydrogen-bond donors (Lipinski definition) is 1. The fraction of sp³-hybridized carbons (Fsp3) is 0.583. The first-order chi connectivity index (χ1) is 9.17. The van der Waals surface area contributed by atoms with Crippen molar-refractivity contribution >= 4 is 17.8 Å². The van der Waals surface area contributed by atoms with Gasteiger partial charge >= 0.3 is 11.9 Å². The Kier molecular flexibility index (Phi) is 6.42. The van der Waals surface area contributed by atoms with E-state index >= 15 is 0 Å². The first-order valence-corrected chi connectivity index (χ1v) is 6.01. The molecule has 0 amide bonds. The zero-order valence-corrected chi connectivity index (χ0v) is 11.1. The van der Waals surface area contributed by atoms with Gasteiger partial charge in [0.2, 0.25) is 5.76 Å². The zero-order valence-electron chi connectivity index (χ0n) is 11.1. The quantitative estimate of drug-likeness (QED) is 0.350. The molecule has 0 aromatic rings. The highest BCUT2D eigenvalue weighted by Gasteiger charge is 2.16. The number of ether oxygens (including phenoxy) is 2. The minimum absolute atomic E-state index is 0.277. The minimum Gasteiger partial charge on any atom is -0.466 e. The van der Waals surface area contributed by atoms with Crippen molar-refractivity contribution in [3.63, 3.8) is 0 Å². The van der Waals surface area contributed by atoms with Crippen LogP contribution in [0.4, 0.5) is 0 Å². The van der Waals surface area contributed by atoms with E-state index in [9.17, 15) is 9.59 Å². The Labute approximate surface area is 111 Å². The lowest BCUT2D eigenvalue weighted by Crippen LogP contribution is -2.26. The number of esters is 2. The lowest BCUT2D eigenvalue weighted by molar-refractivity contribution is -0.142. The molecule has 1 rings (SSSR count). The molecule has 1 aliphatic heterocycles. The van der Waals surface area contributed by atoms with E-state index in [1.807, 2.05) is 0 Å². The van der Waals surface area contributed by atoms with Gasteiger partial charge in [-0.2, -0.15) is 0 Å². The van der Waals surface area contributed by atoms with Gasteiger partial charge in [0.25, 0.3) is 0 Å². The van der Waals surface area contributed by atoms with E-state index < -0.39 is 11.9 Å². The van der Waals surface area contributed by atoms with Crippen molar-refractivity contribution in [3.05, 3.63) is 11.8 Å². The molecule has 1 aliphatic rings. The minimum atomic E-state index is -0.771. The number of hydrogen-bond acceptors (Lipinski definition) is 7. The summed E-state index contributed by atoms with van der Waals surface area (Å²) in [6, 6.07) is 0. The van der Waals surface area contributed by atoms with Gasteiger partial charge in [-0.1, -0.05) is 6.42 Å². The Balaban J connectivity index is 2.62. The van der Waals surface area contributed by atoms with E-state index in [-0.39, 0.29) is 5.76 Å². The van der Waals surface area contributed by atoms with Crippen LogP contribution in [0.1, 0.15) is 25.7 Å². The largest absolute Gasteiger partial charge is 0.466 e. The van der Waals surface area contributed by atoms with E-state index in [0.717, 1.165) is 38.3 Å². The summed E-state index contributed by atoms with van der Waals surface area (Å²) in [7, 11) is 2.40. The fourth-order valence-corrected chi connectivity index (χ4v) is 1.47. The molecule has 1 heterocycles. The molecular weight excluding hydrogens is 252 g/mol. The van der Waals surface area contributed by atoms with Crippen molar-refractivity contribution in [1.29, 1.82) is 0 Å². The topological polar surface area (TPSA) is 86.2 Å². The summed E-state index contributed by atoms with van der Waals surface area (Å²) in [5, 5.41) is 0. The van der Waals surface area contributed by atoms with Crippen LogP contribution in [0.3, 0.4) is 0 Å². The van der Waals surface area contributed by atoms with Crippen LogP contribution < -0.4 is 5.48 Å². The molecule has 0 atom stereocenters. The summed E-state index contributed by atoms with van der Waals surface area (Å²) in [6.07, 6.45) is 4.80. The van der Waals surface area contributed by atoms with Crippen LogP contribution in [0.2, 0.25) is 0 Å². The number of methoxy groups -OCH3 is 2. The molecular formula is C12H18N2O5. The Morgan fingerprint density at radius 1 is 1.21 bits per heavy atom. The fourth-order valence-electron chi connectivity index (χ4n) is 1.47. The summed E-state index contributed by atoms with van der Waals surface area (Å²) < 4.78 is 8.93. The third-order valence-electron chi connectivity index (χ3n) is 2.49. The molecule has 0 aliphatic carbocycles. The normalized spacial score (nSPS) is 15.9. The number of carbonyl (C=O) groups is 2. The van der Waals surface area contributed by atoms with Crippen LogP contribution in [0.15, 0.2) is 16.8 Å². The number of carbonyl (C=O) groups excluding carboxylic acids is 2. The summed E-state index contributed by atoms with van der Waals surface area (Å²) in [6.45, 7) is 0.722. The molecule has 7 heteroatoms. The molecule has 0 fully saturated rings. The highest BCUT2D eigenvalue weighted by atomic mass is 16.7. The van der Waals surface area contributed by atoms with Crippen LogP contribution in [0.25, 0.3) is 0 Å². The predicted molar refractivity (Wildman–Crippen MR) is 67.1 cm³/mol. The molecule has 1 N–H and O–H groups in total. The number of aliphatic imine (C=N–C) groups is 1. The number of hydroxylamine groups is 1. The van der Waals surface area contributed by atoms with Crippen molar-refractivity contribution < 1.29 is 23.9 Å². The van der Waals surface area contributed by atoms with E-state index in [1.54, 1.807) is 0 Å². The van der Waals surface area contributed by atoms with Gasteiger partial charge in [0, 0.05) is 13.0 Å². The van der Waals surface area contributed by atoms with Gasteiger partial charge in [-0.05, 0) is 12.8 Å². The lowest BCUT2D eigenvalue weighted by atomic mass is 10.2. The molecule has 0 saturated carbocycles. The SMILES string of the molecule is COC(=O)/C=C(\ONC1=NCCCCC1)C(=O)OC. The second-order valence-corrected chi connectivity index (χ2v) is 3.87. The summed E-state index contributed by atoms with van der Waals surface area (Å²) >= 11 is 0. The average Bonchev–Trinajstić information content (AvgIpc) is 2.70. The van der Waals surface area contributed by atoms with Crippen molar-refractivity contribution in [3.8, 4) is 0 Å². The zero-order chi connectivity index (χ0) is 14.1. The van der Waals surface area contributed by atoms with Crippen LogP contribution in [0.5, 0.6) is 0 Å². The predicted octanol–water partition coefficient (Wildman–Crippen LogP) is 0.710. The van der Waals surface area contributed by atoms with Crippen molar-refractivity contribution in [1.82, 2.24) is 5.48 Å². The van der Waals surface area contributed by atoms with Crippen molar-refractivity contribution in [2.45, 2.75) is 25.7 Å². The number of nitrogens with zero attached hydrogens (tertiary/aromatic N) is 1. The molecule has 0 spiro atoms. The smallest absolute Gasteiger partial charge is 0.376 e. The van der Waals surface area contributed by atoms with Crippen LogP contribution in [-0.4, -0.2) is 38.5 Å². The number of rotatable bonds is 4. The molecule has 0 aromatic carbocycles. The molecule has 0 unspecified atom stereocenters. The summed E-state index contributed by atoms with van der Waals surface area (Å²) in [5.41, 5.74) is 2.58. The van der Waals surface area contributed by atoms with Crippen LogP contribution >= 0.6 is 0 Å². The first kappa shape index (κ1) is 15.0. The van der Waals surface area contributed by atoms with Gasteiger partial charge in [0.15, 0.2) is 0 Å². The second-order valence-electron chi connectivity index (χ2n) is 3.87. The molecule has 7 nitrogen and oxygen atoms in total. The maximum atomic E-state index is 11.4. The van der Waals surface area contributed by atoms with Gasteiger partial charge in [0.05, 0.1) is 20.3 Å². The highest BCUT2D eigenvalue weighted by molar-refractivity contribution is 5.94. The van der Waals surface area contributed by atoms with Crippen molar-refractivity contribution in [2.24, 2.45) is 4.99 Å². The molecule has 0 bridgehead atoms. The van der Waals surface area contributed by atoms with Crippen molar-refractivity contribution in [2.75, 3.05) is 20.8 Å². The Morgan fingerprint density at radius 2 is 2.00 bits per heavy atom. The Morgan fingerprint density at radius 3 is 2.68 bits per heavy atom. The standard InChI is InChI=1S/C12H18N2O5/c1-17-11(15)8-9(12(16)18-2)19-14-10-6-4-3-5-7-13-10/h8H,3-7H2,1-2H3,(H,13,14)/b9-8-. The maximum absolute atomic E-state index is 11.4. The van der Waals surface area contributed by atoms with E-state index in [2.05, 4.69) is 19.9 Å². The molecule has 106 valence electrons. The maximum Gasteiger partial charge on any atom is 0.376 e. The highest BCUT2D eigenvalue weighted by Crippen LogP contribution is 2.07. The molecule has 0 aromatic heterocycles. The van der Waals surface area contributed by atoms with Gasteiger partial charge in [-0.25, -0.2) is 15.1 Å². The summed E-state index contributed by atoms with van der Waals surface area (Å²) in [5.74, 6) is -1.10. The van der Waals surface area contributed by atoms with Gasteiger partial charge in [0.1, 0.15) is 5.84 Å². The molecule has 0 radical (unpaired) electrons. The number of nitrogens with one attached hydrogen (secondary N) is 1. The summed E-state index contributed by atoms with van der Waals surface area (Å²) in [4.78, 5) is 31.8. The third kappa shape index (κ3) is 5.41. The Hall–Kier alpha value is -2.05. The first-order valence-electron chi connectivity index (χ1n) is 6.01. The lowest BCUT2D eigenvalue weighted by Gasteiger charge is -2.10. The number of amidine groups is 1. The average molecular weight is 270 g/mol.